The van der Waals surface area contributed by atoms with Crippen LogP contribution >= 0.6 is 11.3 Å². The molecule has 7 nitrogen and oxygen atoms in total. The number of hydrogen-bond acceptors (Lipinski definition) is 8. The van der Waals surface area contributed by atoms with Crippen LogP contribution < -0.4 is 10.2 Å². The second-order valence-electron chi connectivity index (χ2n) is 6.31. The second-order valence-corrected chi connectivity index (χ2v) is 7.47. The van der Waals surface area contributed by atoms with Crippen LogP contribution in [0.2, 0.25) is 0 Å². The van der Waals surface area contributed by atoms with E-state index in [1.807, 2.05) is 13.0 Å². The number of aromatic nitrogens is 4. The molecular weight excluding hydrogens is 312 g/mol. The van der Waals surface area contributed by atoms with Gasteiger partial charge in [0.2, 0.25) is 11.1 Å². The average molecular weight is 332 g/mol. The zero-order valence-corrected chi connectivity index (χ0v) is 13.9. The molecular formula is C15H20N6OS. The summed E-state index contributed by atoms with van der Waals surface area (Å²) in [5.41, 5.74) is 0.0271. The first-order valence-electron chi connectivity index (χ1n) is 7.92. The monoisotopic (exact) mass is 332 g/mol. The Hall–Kier alpha value is -1.80. The van der Waals surface area contributed by atoms with Crippen molar-refractivity contribution in [1.29, 1.82) is 0 Å². The van der Waals surface area contributed by atoms with Crippen molar-refractivity contribution in [2.75, 3.05) is 36.5 Å². The smallest absolute Gasteiger partial charge is 0.222 e. The third kappa shape index (κ3) is 3.13. The van der Waals surface area contributed by atoms with E-state index in [0.29, 0.717) is 11.9 Å². The Bertz CT molecular complexity index is 647. The van der Waals surface area contributed by atoms with Crippen LogP contribution in [-0.4, -0.2) is 52.0 Å². The Kier molecular flexibility index (Phi) is 3.86. The molecule has 0 radical (unpaired) electrons. The van der Waals surface area contributed by atoms with Crippen LogP contribution in [0.1, 0.15) is 17.8 Å². The third-order valence-corrected chi connectivity index (χ3v) is 5.39. The van der Waals surface area contributed by atoms with Crippen molar-refractivity contribution in [2.45, 2.75) is 25.4 Å². The number of nitrogens with one attached hydrogen (secondary N) is 1. The maximum atomic E-state index is 6.19. The van der Waals surface area contributed by atoms with Crippen molar-refractivity contribution in [3.05, 3.63) is 23.5 Å². The predicted octanol–water partition coefficient (Wildman–Crippen LogP) is 1.73. The van der Waals surface area contributed by atoms with E-state index in [2.05, 4.69) is 30.4 Å². The zero-order valence-electron chi connectivity index (χ0n) is 13.1. The molecule has 2 aromatic rings. The molecule has 2 aromatic heterocycles. The first-order valence-corrected chi connectivity index (χ1v) is 8.74. The minimum absolute atomic E-state index is 0.0271. The minimum Gasteiger partial charge on any atom is -0.371 e. The Balaban J connectivity index is 1.24. The lowest BCUT2D eigenvalue weighted by atomic mass is 9.83. The summed E-state index contributed by atoms with van der Waals surface area (Å²) in [6, 6.07) is 1.82. The van der Waals surface area contributed by atoms with Crippen LogP contribution in [0, 0.1) is 12.8 Å². The van der Waals surface area contributed by atoms with Crippen molar-refractivity contribution < 1.29 is 4.74 Å². The van der Waals surface area contributed by atoms with Crippen molar-refractivity contribution in [3.63, 3.8) is 0 Å². The van der Waals surface area contributed by atoms with Crippen LogP contribution in [0.25, 0.3) is 0 Å². The van der Waals surface area contributed by atoms with Crippen LogP contribution in [0.15, 0.2) is 18.5 Å². The Morgan fingerprint density at radius 2 is 2.17 bits per heavy atom. The lowest BCUT2D eigenvalue weighted by molar-refractivity contribution is -0.113. The van der Waals surface area contributed by atoms with Crippen LogP contribution in [-0.2, 0) is 4.74 Å². The summed E-state index contributed by atoms with van der Waals surface area (Å²) >= 11 is 1.65. The van der Waals surface area contributed by atoms with Crippen molar-refractivity contribution >= 4 is 22.4 Å². The van der Waals surface area contributed by atoms with Gasteiger partial charge in [-0.1, -0.05) is 11.3 Å². The molecule has 122 valence electrons. The van der Waals surface area contributed by atoms with E-state index in [9.17, 15) is 0 Å². The SMILES string of the molecule is Cc1nnc(N2CC3(CC[C@@H](CNc4ncccn4)CO3)C2)s1. The molecule has 2 saturated heterocycles. The summed E-state index contributed by atoms with van der Waals surface area (Å²) in [5, 5.41) is 13.6. The number of ether oxygens (including phenoxy) is 1. The summed E-state index contributed by atoms with van der Waals surface area (Å²) in [7, 11) is 0. The fourth-order valence-electron chi connectivity index (χ4n) is 3.15. The molecule has 0 aromatic carbocycles. The molecule has 0 amide bonds. The molecule has 0 bridgehead atoms. The molecule has 2 fully saturated rings. The predicted molar refractivity (Wildman–Crippen MR) is 88.8 cm³/mol. The normalized spacial score (nSPS) is 22.8. The van der Waals surface area contributed by atoms with Gasteiger partial charge in [-0.3, -0.25) is 0 Å². The van der Waals surface area contributed by atoms with Gasteiger partial charge >= 0.3 is 0 Å². The van der Waals surface area contributed by atoms with Gasteiger partial charge in [-0.05, 0) is 31.7 Å². The first-order chi connectivity index (χ1) is 11.2. The van der Waals surface area contributed by atoms with Gasteiger partial charge in [0.05, 0.1) is 19.7 Å². The highest BCUT2D eigenvalue weighted by atomic mass is 32.1. The molecule has 0 saturated carbocycles. The van der Waals surface area contributed by atoms with Gasteiger partial charge in [0, 0.05) is 18.9 Å². The van der Waals surface area contributed by atoms with Crippen molar-refractivity contribution in [2.24, 2.45) is 5.92 Å². The van der Waals surface area contributed by atoms with Gasteiger partial charge < -0.3 is 15.0 Å². The fourth-order valence-corrected chi connectivity index (χ4v) is 3.84. The summed E-state index contributed by atoms with van der Waals surface area (Å²) in [5.74, 6) is 1.21. The molecule has 0 unspecified atom stereocenters. The summed E-state index contributed by atoms with van der Waals surface area (Å²) < 4.78 is 6.19. The van der Waals surface area contributed by atoms with Gasteiger partial charge in [-0.2, -0.15) is 0 Å². The molecule has 8 heteroatoms. The third-order valence-electron chi connectivity index (χ3n) is 4.49. The Labute approximate surface area is 139 Å². The zero-order chi connectivity index (χ0) is 15.7. The van der Waals surface area contributed by atoms with E-state index >= 15 is 0 Å². The highest BCUT2D eigenvalue weighted by Crippen LogP contribution is 2.39. The summed E-state index contributed by atoms with van der Waals surface area (Å²) in [6.45, 7) is 5.51. The average Bonchev–Trinajstić information content (AvgIpc) is 2.98. The van der Waals surface area contributed by atoms with E-state index < -0.39 is 0 Å². The number of aryl methyl sites for hydroxylation is 1. The van der Waals surface area contributed by atoms with Gasteiger partial charge in [-0.25, -0.2) is 9.97 Å². The summed E-state index contributed by atoms with van der Waals surface area (Å²) in [4.78, 5) is 10.6. The lowest BCUT2D eigenvalue weighted by Crippen LogP contribution is -2.65. The number of anilines is 2. The van der Waals surface area contributed by atoms with Gasteiger partial charge in [0.15, 0.2) is 0 Å². The molecule has 2 aliphatic heterocycles. The van der Waals surface area contributed by atoms with E-state index in [4.69, 9.17) is 4.74 Å². The first kappa shape index (κ1) is 14.8. The van der Waals surface area contributed by atoms with Crippen molar-refractivity contribution in [1.82, 2.24) is 20.2 Å². The molecule has 4 heterocycles. The second kappa shape index (κ2) is 6.01. The quantitative estimate of drug-likeness (QED) is 0.914. The summed E-state index contributed by atoms with van der Waals surface area (Å²) in [6.07, 6.45) is 5.77. The molecule has 1 N–H and O–H groups in total. The Morgan fingerprint density at radius 1 is 1.35 bits per heavy atom. The molecule has 1 spiro atoms. The molecule has 2 aliphatic rings. The van der Waals surface area contributed by atoms with E-state index in [-0.39, 0.29) is 5.60 Å². The van der Waals surface area contributed by atoms with Crippen LogP contribution in [0.3, 0.4) is 0 Å². The van der Waals surface area contributed by atoms with Gasteiger partial charge in [0.1, 0.15) is 10.6 Å². The fraction of sp³-hybridized carbons (Fsp3) is 0.600. The Morgan fingerprint density at radius 3 is 2.83 bits per heavy atom. The van der Waals surface area contributed by atoms with E-state index in [0.717, 1.165) is 42.8 Å². The largest absolute Gasteiger partial charge is 0.371 e. The maximum absolute atomic E-state index is 6.19. The van der Waals surface area contributed by atoms with Crippen LogP contribution in [0.5, 0.6) is 0 Å². The number of nitrogens with zero attached hydrogens (tertiary/aromatic N) is 5. The lowest BCUT2D eigenvalue weighted by Gasteiger charge is -2.52. The molecule has 0 aliphatic carbocycles. The maximum Gasteiger partial charge on any atom is 0.222 e. The van der Waals surface area contributed by atoms with E-state index in [1.54, 1.807) is 23.7 Å². The molecule has 23 heavy (non-hydrogen) atoms. The highest BCUT2D eigenvalue weighted by molar-refractivity contribution is 7.15. The van der Waals surface area contributed by atoms with Crippen molar-refractivity contribution in [3.8, 4) is 0 Å². The number of hydrogen-bond donors (Lipinski definition) is 1. The molecule has 1 atom stereocenters. The number of rotatable bonds is 4. The van der Waals surface area contributed by atoms with Crippen LogP contribution in [0.4, 0.5) is 11.1 Å². The topological polar surface area (TPSA) is 76.1 Å². The highest BCUT2D eigenvalue weighted by Gasteiger charge is 2.47. The minimum atomic E-state index is 0.0271. The van der Waals surface area contributed by atoms with Gasteiger partial charge in [0.25, 0.3) is 0 Å². The molecule has 4 rings (SSSR count). The van der Waals surface area contributed by atoms with Gasteiger partial charge in [-0.15, -0.1) is 10.2 Å². The standard InChI is InChI=1S/C15H20N6OS/c1-11-19-20-14(23-11)21-9-15(10-21)4-3-12(8-22-15)7-18-13-16-5-2-6-17-13/h2,5-6,12H,3-4,7-10H2,1H3,(H,16,17,18)/t12-/m0/s1. The van der Waals surface area contributed by atoms with E-state index in [1.165, 1.54) is 6.42 Å².